The zero-order valence-corrected chi connectivity index (χ0v) is 10.5. The lowest BCUT2D eigenvalue weighted by Gasteiger charge is -2.12. The van der Waals surface area contributed by atoms with Gasteiger partial charge in [0.25, 0.3) is 5.91 Å². The molecule has 1 fully saturated rings. The minimum absolute atomic E-state index is 0.305. The minimum Gasteiger partial charge on any atom is -0.452 e. The van der Waals surface area contributed by atoms with Crippen molar-refractivity contribution in [3.8, 4) is 0 Å². The lowest BCUT2D eigenvalue weighted by Crippen LogP contribution is -2.37. The van der Waals surface area contributed by atoms with Crippen molar-refractivity contribution in [1.29, 1.82) is 0 Å². The highest BCUT2D eigenvalue weighted by atomic mass is 16.5. The number of nitrogens with zero attached hydrogens (tertiary/aromatic N) is 1. The van der Waals surface area contributed by atoms with E-state index in [4.69, 9.17) is 4.74 Å². The second-order valence-corrected chi connectivity index (χ2v) is 4.17. The van der Waals surface area contributed by atoms with Crippen LogP contribution in [0.3, 0.4) is 0 Å². The van der Waals surface area contributed by atoms with Crippen molar-refractivity contribution in [3.63, 3.8) is 0 Å². The number of carbonyl (C=O) groups excluding carboxylic acids is 3. The van der Waals surface area contributed by atoms with Gasteiger partial charge in [0.1, 0.15) is 0 Å². The fourth-order valence-corrected chi connectivity index (χ4v) is 1.79. The maximum absolute atomic E-state index is 11.8. The number of ether oxygens (including phenoxy) is 1. The lowest BCUT2D eigenvalue weighted by atomic mass is 10.1. The van der Waals surface area contributed by atoms with E-state index in [0.29, 0.717) is 18.7 Å². The van der Waals surface area contributed by atoms with Gasteiger partial charge >= 0.3 is 12.0 Å². The Morgan fingerprint density at radius 1 is 1.37 bits per heavy atom. The van der Waals surface area contributed by atoms with Crippen molar-refractivity contribution in [3.05, 3.63) is 35.4 Å². The van der Waals surface area contributed by atoms with Gasteiger partial charge in [-0.05, 0) is 18.6 Å². The average molecular weight is 262 g/mol. The van der Waals surface area contributed by atoms with E-state index in [0.717, 1.165) is 10.5 Å². The molecule has 0 unspecified atom stereocenters. The van der Waals surface area contributed by atoms with Crippen molar-refractivity contribution in [1.82, 2.24) is 10.2 Å². The van der Waals surface area contributed by atoms with Gasteiger partial charge in [0.15, 0.2) is 6.61 Å². The van der Waals surface area contributed by atoms with Crippen LogP contribution in [0.1, 0.15) is 15.9 Å². The molecule has 1 aromatic rings. The van der Waals surface area contributed by atoms with Gasteiger partial charge in [-0.3, -0.25) is 9.69 Å². The number of carbonyl (C=O) groups is 3. The zero-order valence-electron chi connectivity index (χ0n) is 10.5. The first-order valence-electron chi connectivity index (χ1n) is 5.90. The number of rotatable bonds is 3. The van der Waals surface area contributed by atoms with E-state index in [-0.39, 0.29) is 0 Å². The van der Waals surface area contributed by atoms with Crippen LogP contribution in [0, 0.1) is 6.92 Å². The number of imide groups is 1. The molecule has 0 aromatic heterocycles. The molecule has 1 heterocycles. The molecule has 19 heavy (non-hydrogen) atoms. The molecule has 0 saturated carbocycles. The fourth-order valence-electron chi connectivity index (χ4n) is 1.79. The minimum atomic E-state index is -0.564. The SMILES string of the molecule is Cc1ccccc1C(=O)OCC(=O)N1CCNC1=O. The highest BCUT2D eigenvalue weighted by Crippen LogP contribution is 2.08. The average Bonchev–Trinajstić information content (AvgIpc) is 2.82. The third kappa shape index (κ3) is 2.90. The molecule has 1 saturated heterocycles. The monoisotopic (exact) mass is 262 g/mol. The van der Waals surface area contributed by atoms with Gasteiger partial charge in [0.2, 0.25) is 0 Å². The van der Waals surface area contributed by atoms with Crippen LogP contribution in [-0.4, -0.2) is 42.5 Å². The maximum atomic E-state index is 11.8. The topological polar surface area (TPSA) is 75.7 Å². The standard InChI is InChI=1S/C13H14N2O4/c1-9-4-2-3-5-10(9)12(17)19-8-11(16)15-7-6-14-13(15)18/h2-5H,6-8H2,1H3,(H,14,18). The predicted molar refractivity (Wildman–Crippen MR) is 66.6 cm³/mol. The smallest absolute Gasteiger partial charge is 0.338 e. The molecule has 3 amide bonds. The zero-order chi connectivity index (χ0) is 13.8. The number of hydrogen-bond donors (Lipinski definition) is 1. The highest BCUT2D eigenvalue weighted by Gasteiger charge is 2.26. The van der Waals surface area contributed by atoms with Gasteiger partial charge in [-0.1, -0.05) is 18.2 Å². The Kier molecular flexibility index (Phi) is 3.79. The Morgan fingerprint density at radius 2 is 2.11 bits per heavy atom. The van der Waals surface area contributed by atoms with E-state index in [1.165, 1.54) is 0 Å². The quantitative estimate of drug-likeness (QED) is 0.814. The molecule has 0 atom stereocenters. The number of nitrogens with one attached hydrogen (secondary N) is 1. The van der Waals surface area contributed by atoms with Gasteiger partial charge < -0.3 is 10.1 Å². The van der Waals surface area contributed by atoms with Crippen molar-refractivity contribution in [2.24, 2.45) is 0 Å². The molecule has 0 bridgehead atoms. The van der Waals surface area contributed by atoms with Crippen LogP contribution in [0.15, 0.2) is 24.3 Å². The summed E-state index contributed by atoms with van der Waals surface area (Å²) >= 11 is 0. The second-order valence-electron chi connectivity index (χ2n) is 4.17. The Balaban J connectivity index is 1.92. The Hall–Kier alpha value is -2.37. The van der Waals surface area contributed by atoms with Crippen LogP contribution >= 0.6 is 0 Å². The van der Waals surface area contributed by atoms with E-state index < -0.39 is 24.5 Å². The van der Waals surface area contributed by atoms with Crippen molar-refractivity contribution in [2.75, 3.05) is 19.7 Å². The van der Waals surface area contributed by atoms with Crippen LogP contribution in [-0.2, 0) is 9.53 Å². The Bertz CT molecular complexity index is 527. The van der Waals surface area contributed by atoms with Crippen LogP contribution in [0.25, 0.3) is 0 Å². The first kappa shape index (κ1) is 13.1. The molecule has 0 aliphatic carbocycles. The van der Waals surface area contributed by atoms with E-state index in [2.05, 4.69) is 5.32 Å². The molecule has 1 aromatic carbocycles. The third-order valence-corrected chi connectivity index (χ3v) is 2.85. The summed E-state index contributed by atoms with van der Waals surface area (Å²) in [6.07, 6.45) is 0. The van der Waals surface area contributed by atoms with Gasteiger partial charge in [-0.25, -0.2) is 9.59 Å². The lowest BCUT2D eigenvalue weighted by molar-refractivity contribution is -0.130. The largest absolute Gasteiger partial charge is 0.452 e. The third-order valence-electron chi connectivity index (χ3n) is 2.85. The van der Waals surface area contributed by atoms with E-state index in [1.54, 1.807) is 25.1 Å². The summed E-state index contributed by atoms with van der Waals surface area (Å²) in [6.45, 7) is 2.09. The van der Waals surface area contributed by atoms with E-state index >= 15 is 0 Å². The molecular formula is C13H14N2O4. The van der Waals surface area contributed by atoms with Crippen LogP contribution in [0.4, 0.5) is 4.79 Å². The van der Waals surface area contributed by atoms with Crippen molar-refractivity contribution < 1.29 is 19.1 Å². The molecule has 1 aliphatic rings. The number of urea groups is 1. The van der Waals surface area contributed by atoms with Crippen molar-refractivity contribution in [2.45, 2.75) is 6.92 Å². The van der Waals surface area contributed by atoms with E-state index in [1.807, 2.05) is 6.07 Å². The molecule has 1 aliphatic heterocycles. The summed E-state index contributed by atoms with van der Waals surface area (Å²) in [5, 5.41) is 2.50. The number of esters is 1. The summed E-state index contributed by atoms with van der Waals surface area (Å²) in [7, 11) is 0. The summed E-state index contributed by atoms with van der Waals surface area (Å²) in [6, 6.07) is 6.50. The summed E-state index contributed by atoms with van der Waals surface area (Å²) < 4.78 is 4.92. The van der Waals surface area contributed by atoms with Crippen LogP contribution < -0.4 is 5.32 Å². The molecule has 0 spiro atoms. The number of amides is 3. The normalized spacial score (nSPS) is 14.2. The van der Waals surface area contributed by atoms with Crippen molar-refractivity contribution >= 4 is 17.9 Å². The molecule has 6 heteroatoms. The van der Waals surface area contributed by atoms with Crippen LogP contribution in [0.5, 0.6) is 0 Å². The Labute approximate surface area is 110 Å². The van der Waals surface area contributed by atoms with E-state index in [9.17, 15) is 14.4 Å². The number of hydrogen-bond acceptors (Lipinski definition) is 4. The summed E-state index contributed by atoms with van der Waals surface area (Å²) in [5.41, 5.74) is 1.19. The summed E-state index contributed by atoms with van der Waals surface area (Å²) in [5.74, 6) is -1.08. The number of benzene rings is 1. The van der Waals surface area contributed by atoms with Gasteiger partial charge in [0.05, 0.1) is 5.56 Å². The first-order chi connectivity index (χ1) is 9.09. The van der Waals surface area contributed by atoms with Gasteiger partial charge in [0, 0.05) is 13.1 Å². The summed E-state index contributed by atoms with van der Waals surface area (Å²) in [4.78, 5) is 35.7. The van der Waals surface area contributed by atoms with Crippen LogP contribution in [0.2, 0.25) is 0 Å². The molecule has 6 nitrogen and oxygen atoms in total. The first-order valence-corrected chi connectivity index (χ1v) is 5.90. The fraction of sp³-hybridized carbons (Fsp3) is 0.308. The molecule has 100 valence electrons. The highest BCUT2D eigenvalue weighted by molar-refractivity contribution is 5.98. The molecular weight excluding hydrogens is 248 g/mol. The maximum Gasteiger partial charge on any atom is 0.338 e. The molecule has 0 radical (unpaired) electrons. The number of aryl methyl sites for hydroxylation is 1. The molecule has 2 rings (SSSR count). The molecule has 1 N–H and O–H groups in total. The second kappa shape index (κ2) is 5.51. The van der Waals surface area contributed by atoms with Gasteiger partial charge in [-0.2, -0.15) is 0 Å². The predicted octanol–water partition coefficient (Wildman–Crippen LogP) is 0.704. The van der Waals surface area contributed by atoms with Gasteiger partial charge in [-0.15, -0.1) is 0 Å². The Morgan fingerprint density at radius 3 is 2.74 bits per heavy atom.